The van der Waals surface area contributed by atoms with Crippen molar-refractivity contribution in [3.63, 3.8) is 0 Å². The summed E-state index contributed by atoms with van der Waals surface area (Å²) >= 11 is 0. The van der Waals surface area contributed by atoms with Crippen LogP contribution < -0.4 is 11.3 Å². The highest BCUT2D eigenvalue weighted by molar-refractivity contribution is 5.88. The number of hydrogen-bond acceptors (Lipinski definition) is 6. The first-order chi connectivity index (χ1) is 13.0. The molecule has 142 valence electrons. The fourth-order valence-corrected chi connectivity index (χ4v) is 3.51. The summed E-state index contributed by atoms with van der Waals surface area (Å²) in [7, 11) is 1.56. The Hall–Kier alpha value is -2.96. The van der Waals surface area contributed by atoms with Gasteiger partial charge in [-0.1, -0.05) is 18.9 Å². The van der Waals surface area contributed by atoms with Crippen LogP contribution in [0.3, 0.4) is 0 Å². The zero-order valence-electron chi connectivity index (χ0n) is 16.0. The Kier molecular flexibility index (Phi) is 5.69. The van der Waals surface area contributed by atoms with Crippen molar-refractivity contribution in [2.75, 3.05) is 12.8 Å². The van der Waals surface area contributed by atoms with Crippen LogP contribution in [0.15, 0.2) is 34.2 Å². The summed E-state index contributed by atoms with van der Waals surface area (Å²) in [4.78, 5) is 26.1. The van der Waals surface area contributed by atoms with Gasteiger partial charge in [-0.3, -0.25) is 9.36 Å². The van der Waals surface area contributed by atoms with Crippen LogP contribution in [0.4, 0.5) is 5.95 Å². The molecule has 0 atom stereocenters. The van der Waals surface area contributed by atoms with Gasteiger partial charge in [0.2, 0.25) is 11.8 Å². The number of nitrogens with two attached hydrogens (primary N) is 1. The van der Waals surface area contributed by atoms with Crippen LogP contribution >= 0.6 is 0 Å². The summed E-state index contributed by atoms with van der Waals surface area (Å²) in [5.74, 6) is 0.660. The van der Waals surface area contributed by atoms with Gasteiger partial charge in [0.15, 0.2) is 0 Å². The van der Waals surface area contributed by atoms with Crippen molar-refractivity contribution in [1.29, 1.82) is 0 Å². The summed E-state index contributed by atoms with van der Waals surface area (Å²) in [6.07, 6.45) is 11.0. The second kappa shape index (κ2) is 8.16. The largest absolute Gasteiger partial charge is 0.481 e. The van der Waals surface area contributed by atoms with E-state index in [-0.39, 0.29) is 17.5 Å². The molecule has 1 saturated carbocycles. The number of nitrogen functional groups attached to an aromatic ring is 1. The molecule has 0 unspecified atom stereocenters. The van der Waals surface area contributed by atoms with Gasteiger partial charge in [0, 0.05) is 23.2 Å². The Morgan fingerprint density at radius 2 is 2.11 bits per heavy atom. The Balaban J connectivity index is 2.16. The fraction of sp³-hybridized carbons (Fsp3) is 0.400. The molecule has 0 radical (unpaired) electrons. The third-order valence-electron chi connectivity index (χ3n) is 4.79. The van der Waals surface area contributed by atoms with E-state index in [2.05, 4.69) is 15.0 Å². The number of aromatic nitrogens is 3. The summed E-state index contributed by atoms with van der Waals surface area (Å²) in [5.41, 5.74) is 7.69. The Morgan fingerprint density at radius 3 is 2.78 bits per heavy atom. The number of anilines is 1. The molecule has 1 fully saturated rings. The van der Waals surface area contributed by atoms with Crippen molar-refractivity contribution in [2.45, 2.75) is 45.6 Å². The minimum Gasteiger partial charge on any atom is -0.481 e. The van der Waals surface area contributed by atoms with Gasteiger partial charge in [0.1, 0.15) is 5.65 Å². The number of fused-ring (bicyclic) bond motifs is 1. The van der Waals surface area contributed by atoms with Crippen molar-refractivity contribution in [3.05, 3.63) is 46.0 Å². The van der Waals surface area contributed by atoms with Gasteiger partial charge >= 0.3 is 0 Å². The predicted molar refractivity (Wildman–Crippen MR) is 109 cm³/mol. The average molecular weight is 367 g/mol. The molecule has 2 N–H and O–H groups in total. The lowest BCUT2D eigenvalue weighted by Crippen LogP contribution is -2.27. The molecule has 0 aliphatic heterocycles. The Bertz CT molecular complexity index is 982. The van der Waals surface area contributed by atoms with E-state index in [1.54, 1.807) is 30.0 Å². The Labute approximate surface area is 158 Å². The zero-order valence-corrected chi connectivity index (χ0v) is 16.0. The number of allylic oxidation sites excluding steroid dienone is 1. The van der Waals surface area contributed by atoms with E-state index in [1.807, 2.05) is 26.0 Å². The fourth-order valence-electron chi connectivity index (χ4n) is 3.51. The second-order valence-electron chi connectivity index (χ2n) is 6.60. The van der Waals surface area contributed by atoms with E-state index in [9.17, 15) is 4.79 Å². The molecule has 7 heteroatoms. The zero-order chi connectivity index (χ0) is 19.4. The maximum Gasteiger partial charge on any atom is 0.259 e. The van der Waals surface area contributed by atoms with E-state index < -0.39 is 0 Å². The first-order valence-electron chi connectivity index (χ1n) is 9.15. The van der Waals surface area contributed by atoms with Crippen LogP contribution in [0.25, 0.3) is 17.1 Å². The first-order valence-corrected chi connectivity index (χ1v) is 9.15. The summed E-state index contributed by atoms with van der Waals surface area (Å²) in [6.45, 7) is 3.76. The summed E-state index contributed by atoms with van der Waals surface area (Å²) in [6, 6.07) is 1.95. The van der Waals surface area contributed by atoms with Crippen LogP contribution in [0.5, 0.6) is 0 Å². The average Bonchev–Trinajstić information content (AvgIpc) is 3.16. The molecule has 0 saturated heterocycles. The lowest BCUT2D eigenvalue weighted by Gasteiger charge is -2.18. The summed E-state index contributed by atoms with van der Waals surface area (Å²) < 4.78 is 6.95. The highest BCUT2D eigenvalue weighted by atomic mass is 16.5. The Morgan fingerprint density at radius 1 is 1.37 bits per heavy atom. The molecule has 0 amide bonds. The van der Waals surface area contributed by atoms with Gasteiger partial charge in [-0.2, -0.15) is 4.98 Å². The number of nitrogens with zero attached hydrogens (tertiary/aromatic N) is 4. The lowest BCUT2D eigenvalue weighted by atomic mass is 10.1. The van der Waals surface area contributed by atoms with E-state index in [4.69, 9.17) is 10.5 Å². The van der Waals surface area contributed by atoms with Crippen molar-refractivity contribution >= 4 is 29.0 Å². The normalized spacial score (nSPS) is 16.2. The van der Waals surface area contributed by atoms with Crippen LogP contribution in [0.1, 0.15) is 49.9 Å². The predicted octanol–water partition coefficient (Wildman–Crippen LogP) is 3.39. The summed E-state index contributed by atoms with van der Waals surface area (Å²) in [5, 5.41) is 0.833. The highest BCUT2D eigenvalue weighted by Crippen LogP contribution is 2.31. The van der Waals surface area contributed by atoms with Gasteiger partial charge in [0.25, 0.3) is 5.56 Å². The molecule has 1 aliphatic rings. The molecule has 1 aliphatic carbocycles. The minimum absolute atomic E-state index is 0.0802. The highest BCUT2D eigenvalue weighted by Gasteiger charge is 2.22. The standard InChI is InChI=1S/C20H25N5O2/c1-4-7-17(27-3)22-11-10-14-12-16-13(2)23-20(21)24-18(16)25(19(14)26)15-8-5-6-9-15/h4,7,10-12,15H,5-6,8-9H2,1-3H3,(H2,21,23,24)/b7-4-,11-10+,22-17+. The van der Waals surface area contributed by atoms with E-state index in [1.165, 1.54) is 0 Å². The van der Waals surface area contributed by atoms with Crippen molar-refractivity contribution < 1.29 is 4.74 Å². The number of aliphatic imine (C=N–C) groups is 1. The third kappa shape index (κ3) is 3.92. The quantitative estimate of drug-likeness (QED) is 0.660. The second-order valence-corrected chi connectivity index (χ2v) is 6.60. The molecule has 7 nitrogen and oxygen atoms in total. The minimum atomic E-state index is -0.0802. The number of methoxy groups -OCH3 is 1. The molecule has 27 heavy (non-hydrogen) atoms. The molecule has 3 rings (SSSR count). The number of rotatable bonds is 4. The first kappa shape index (κ1) is 18.8. The number of aryl methyl sites for hydroxylation is 1. The monoisotopic (exact) mass is 367 g/mol. The molecule has 0 bridgehead atoms. The van der Waals surface area contributed by atoms with Crippen LogP contribution in [-0.2, 0) is 4.74 Å². The maximum atomic E-state index is 13.2. The van der Waals surface area contributed by atoms with E-state index in [0.29, 0.717) is 17.1 Å². The third-order valence-corrected chi connectivity index (χ3v) is 4.79. The molecular weight excluding hydrogens is 342 g/mol. The van der Waals surface area contributed by atoms with E-state index >= 15 is 0 Å². The van der Waals surface area contributed by atoms with Crippen molar-refractivity contribution in [2.24, 2.45) is 4.99 Å². The molecule has 2 heterocycles. The number of pyridine rings is 1. The van der Waals surface area contributed by atoms with Crippen LogP contribution in [-0.4, -0.2) is 27.5 Å². The smallest absolute Gasteiger partial charge is 0.259 e. The van der Waals surface area contributed by atoms with Gasteiger partial charge in [-0.15, -0.1) is 0 Å². The van der Waals surface area contributed by atoms with Crippen LogP contribution in [0, 0.1) is 6.92 Å². The van der Waals surface area contributed by atoms with Gasteiger partial charge in [-0.25, -0.2) is 9.98 Å². The number of hydrogen-bond donors (Lipinski definition) is 1. The lowest BCUT2D eigenvalue weighted by molar-refractivity contribution is 0.407. The number of ether oxygens (including phenoxy) is 1. The molecule has 0 aromatic carbocycles. The van der Waals surface area contributed by atoms with Gasteiger partial charge in [0.05, 0.1) is 12.8 Å². The molecule has 0 spiro atoms. The molecule has 2 aromatic heterocycles. The maximum absolute atomic E-state index is 13.2. The molecular formula is C20H25N5O2. The van der Waals surface area contributed by atoms with Gasteiger partial charge in [-0.05, 0) is 44.9 Å². The molecule has 2 aromatic rings. The van der Waals surface area contributed by atoms with Crippen LogP contribution in [0.2, 0.25) is 0 Å². The topological polar surface area (TPSA) is 95.4 Å². The van der Waals surface area contributed by atoms with E-state index in [0.717, 1.165) is 36.8 Å². The van der Waals surface area contributed by atoms with Crippen molar-refractivity contribution in [3.8, 4) is 0 Å². The SMILES string of the molecule is C\C=C/C(=N\C=C\c1cc2c(C)nc(N)nc2n(C2CCCC2)c1=O)OC. The van der Waals surface area contributed by atoms with Gasteiger partial charge < -0.3 is 10.5 Å². The van der Waals surface area contributed by atoms with Crippen molar-refractivity contribution in [1.82, 2.24) is 14.5 Å².